The van der Waals surface area contributed by atoms with Crippen molar-refractivity contribution in [3.63, 3.8) is 0 Å². The number of ether oxygens (including phenoxy) is 2. The van der Waals surface area contributed by atoms with Crippen LogP contribution in [0.1, 0.15) is 35.1 Å². The molecule has 7 heteroatoms. The maximum absolute atomic E-state index is 13.5. The van der Waals surface area contributed by atoms with Crippen LogP contribution in [0, 0.1) is 12.8 Å². The van der Waals surface area contributed by atoms with E-state index >= 15 is 0 Å². The molecule has 0 spiro atoms. The summed E-state index contributed by atoms with van der Waals surface area (Å²) in [6.07, 6.45) is 4.14. The zero-order valence-corrected chi connectivity index (χ0v) is 17.7. The molecule has 1 aliphatic carbocycles. The van der Waals surface area contributed by atoms with Gasteiger partial charge in [0, 0.05) is 18.0 Å². The molecule has 2 heterocycles. The summed E-state index contributed by atoms with van der Waals surface area (Å²) in [7, 11) is 3.21. The van der Waals surface area contributed by atoms with Crippen molar-refractivity contribution in [2.24, 2.45) is 5.92 Å². The molecule has 31 heavy (non-hydrogen) atoms. The monoisotopic (exact) mass is 416 g/mol. The van der Waals surface area contributed by atoms with Gasteiger partial charge in [-0.2, -0.15) is 10.1 Å². The van der Waals surface area contributed by atoms with Gasteiger partial charge in [0.05, 0.1) is 26.2 Å². The summed E-state index contributed by atoms with van der Waals surface area (Å²) in [5.41, 5.74) is 4.17. The Morgan fingerprint density at radius 2 is 1.90 bits per heavy atom. The number of hydrogen-bond acceptors (Lipinski definition) is 6. The van der Waals surface area contributed by atoms with Gasteiger partial charge < -0.3 is 14.8 Å². The van der Waals surface area contributed by atoms with Crippen LogP contribution in [0.15, 0.2) is 60.6 Å². The fourth-order valence-corrected chi connectivity index (χ4v) is 4.75. The first-order valence-electron chi connectivity index (χ1n) is 10.3. The number of nitrogens with one attached hydrogen (secondary N) is 1. The highest BCUT2D eigenvalue weighted by molar-refractivity contribution is 5.88. The molecule has 0 bridgehead atoms. The number of hydrogen-bond donors (Lipinski definition) is 1. The third-order valence-electron chi connectivity index (χ3n) is 6.23. The van der Waals surface area contributed by atoms with Crippen LogP contribution in [0.2, 0.25) is 0 Å². The van der Waals surface area contributed by atoms with Gasteiger partial charge in [-0.3, -0.25) is 4.79 Å². The molecule has 2 aliphatic rings. The SMILES string of the molecule is COc1ccc([C@H]2[C@@H]3C(=O)C[C@H](c4ccccc4C)C=C3Nc3ncnn32)cc1OC. The van der Waals surface area contributed by atoms with Gasteiger partial charge >= 0.3 is 0 Å². The molecule has 1 aromatic heterocycles. The fourth-order valence-electron chi connectivity index (χ4n) is 4.75. The molecule has 2 aromatic carbocycles. The second kappa shape index (κ2) is 7.58. The lowest BCUT2D eigenvalue weighted by molar-refractivity contribution is -0.123. The standard InChI is InChI=1S/C24H24N4O3/c1-14-6-4-5-7-17(14)16-10-18-22(19(29)11-16)23(28-24(27-18)25-13-26-28)15-8-9-20(30-2)21(12-15)31-3/h4-10,12-13,16,22-23H,11H2,1-3H3,(H,25,26,27)/t16-,22+,23+/m1/s1. The summed E-state index contributed by atoms with van der Waals surface area (Å²) in [5.74, 6) is 1.73. The van der Waals surface area contributed by atoms with Crippen LogP contribution in [0.5, 0.6) is 11.5 Å². The van der Waals surface area contributed by atoms with E-state index in [1.165, 1.54) is 17.5 Å². The lowest BCUT2D eigenvalue weighted by atomic mass is 9.75. The maximum atomic E-state index is 13.5. The van der Waals surface area contributed by atoms with Gasteiger partial charge in [0.1, 0.15) is 12.1 Å². The normalized spacial score (nSPS) is 22.1. The number of fused-ring (bicyclic) bond motifs is 2. The molecule has 0 saturated carbocycles. The van der Waals surface area contributed by atoms with E-state index in [0.717, 1.165) is 11.3 Å². The summed E-state index contributed by atoms with van der Waals surface area (Å²) in [6.45, 7) is 2.09. The van der Waals surface area contributed by atoms with Crippen molar-refractivity contribution in [3.05, 3.63) is 77.3 Å². The topological polar surface area (TPSA) is 78.3 Å². The highest BCUT2D eigenvalue weighted by Gasteiger charge is 2.43. The van der Waals surface area contributed by atoms with Crippen LogP contribution in [-0.4, -0.2) is 34.8 Å². The number of allylic oxidation sites excluding steroid dienone is 2. The molecule has 7 nitrogen and oxygen atoms in total. The van der Waals surface area contributed by atoms with Crippen molar-refractivity contribution in [2.45, 2.75) is 25.3 Å². The first kappa shape index (κ1) is 19.4. The molecule has 1 aliphatic heterocycles. The predicted octanol–water partition coefficient (Wildman–Crippen LogP) is 3.88. The van der Waals surface area contributed by atoms with E-state index in [0.29, 0.717) is 23.9 Å². The van der Waals surface area contributed by atoms with Gasteiger partial charge in [-0.25, -0.2) is 4.68 Å². The minimum Gasteiger partial charge on any atom is -0.493 e. The van der Waals surface area contributed by atoms with Crippen LogP contribution in [0.4, 0.5) is 5.95 Å². The number of aryl methyl sites for hydroxylation is 1. The lowest BCUT2D eigenvalue weighted by Gasteiger charge is -2.38. The van der Waals surface area contributed by atoms with Crippen LogP contribution < -0.4 is 14.8 Å². The molecule has 158 valence electrons. The van der Waals surface area contributed by atoms with E-state index < -0.39 is 0 Å². The second-order valence-electron chi connectivity index (χ2n) is 7.95. The van der Waals surface area contributed by atoms with Crippen molar-refractivity contribution in [2.75, 3.05) is 19.5 Å². The number of carbonyl (C=O) groups is 1. The van der Waals surface area contributed by atoms with E-state index in [4.69, 9.17) is 9.47 Å². The van der Waals surface area contributed by atoms with Crippen molar-refractivity contribution >= 4 is 11.7 Å². The number of aromatic nitrogens is 3. The fraction of sp³-hybridized carbons (Fsp3) is 0.292. The van der Waals surface area contributed by atoms with Crippen molar-refractivity contribution in [3.8, 4) is 11.5 Å². The number of carbonyl (C=O) groups excluding carboxylic acids is 1. The molecule has 0 fully saturated rings. The molecule has 0 saturated heterocycles. The van der Waals surface area contributed by atoms with Gasteiger partial charge in [-0.1, -0.05) is 36.4 Å². The summed E-state index contributed by atoms with van der Waals surface area (Å²) >= 11 is 0. The third kappa shape index (κ3) is 3.17. The van der Waals surface area contributed by atoms with Crippen LogP contribution in [-0.2, 0) is 4.79 Å². The molecule has 0 amide bonds. The van der Waals surface area contributed by atoms with E-state index in [9.17, 15) is 4.79 Å². The highest BCUT2D eigenvalue weighted by atomic mass is 16.5. The molecule has 0 radical (unpaired) electrons. The second-order valence-corrected chi connectivity index (χ2v) is 7.95. The Bertz CT molecular complexity index is 1180. The zero-order valence-electron chi connectivity index (χ0n) is 17.7. The van der Waals surface area contributed by atoms with Gasteiger partial charge in [-0.05, 0) is 35.7 Å². The highest BCUT2D eigenvalue weighted by Crippen LogP contribution is 2.45. The number of anilines is 1. The largest absolute Gasteiger partial charge is 0.493 e. The van der Waals surface area contributed by atoms with Crippen LogP contribution in [0.25, 0.3) is 0 Å². The van der Waals surface area contributed by atoms with Gasteiger partial charge in [0.15, 0.2) is 11.5 Å². The molecule has 1 N–H and O–H groups in total. The zero-order chi connectivity index (χ0) is 21.5. The Morgan fingerprint density at radius 1 is 1.10 bits per heavy atom. The average Bonchev–Trinajstić information content (AvgIpc) is 3.25. The lowest BCUT2D eigenvalue weighted by Crippen LogP contribution is -2.40. The molecule has 3 aromatic rings. The summed E-state index contributed by atoms with van der Waals surface area (Å²) in [5, 5.41) is 7.77. The van der Waals surface area contributed by atoms with Crippen molar-refractivity contribution in [1.82, 2.24) is 14.8 Å². The quantitative estimate of drug-likeness (QED) is 0.696. The molecular weight excluding hydrogens is 392 g/mol. The Kier molecular flexibility index (Phi) is 4.73. The number of rotatable bonds is 4. The Morgan fingerprint density at radius 3 is 2.68 bits per heavy atom. The Hall–Kier alpha value is -3.61. The number of benzene rings is 2. The number of methoxy groups -OCH3 is 2. The predicted molar refractivity (Wildman–Crippen MR) is 116 cm³/mol. The minimum absolute atomic E-state index is 0.0352. The van der Waals surface area contributed by atoms with E-state index in [1.54, 1.807) is 18.9 Å². The van der Waals surface area contributed by atoms with Gasteiger partial charge in [-0.15, -0.1) is 0 Å². The first-order chi connectivity index (χ1) is 15.1. The van der Waals surface area contributed by atoms with Crippen LogP contribution >= 0.6 is 0 Å². The Balaban J connectivity index is 1.62. The van der Waals surface area contributed by atoms with Crippen molar-refractivity contribution < 1.29 is 14.3 Å². The van der Waals surface area contributed by atoms with Crippen LogP contribution in [0.3, 0.4) is 0 Å². The summed E-state index contributed by atoms with van der Waals surface area (Å²) in [4.78, 5) is 17.9. The average molecular weight is 416 g/mol. The van der Waals surface area contributed by atoms with Crippen molar-refractivity contribution in [1.29, 1.82) is 0 Å². The summed E-state index contributed by atoms with van der Waals surface area (Å²) in [6, 6.07) is 13.7. The van der Waals surface area contributed by atoms with E-state index in [2.05, 4.69) is 40.5 Å². The smallest absolute Gasteiger partial charge is 0.226 e. The maximum Gasteiger partial charge on any atom is 0.226 e. The number of ketones is 1. The van der Waals surface area contributed by atoms with Gasteiger partial charge in [0.2, 0.25) is 5.95 Å². The molecule has 5 rings (SSSR count). The molecule has 3 atom stereocenters. The van der Waals surface area contributed by atoms with Gasteiger partial charge in [0.25, 0.3) is 0 Å². The minimum atomic E-state index is -0.368. The first-order valence-corrected chi connectivity index (χ1v) is 10.3. The summed E-state index contributed by atoms with van der Waals surface area (Å²) < 4.78 is 12.7. The number of Topliss-reactive ketones (excluding diaryl/α,β-unsaturated/α-hetero) is 1. The Labute approximate surface area is 180 Å². The third-order valence-corrected chi connectivity index (χ3v) is 6.23. The molecule has 0 unspecified atom stereocenters. The number of nitrogens with zero attached hydrogens (tertiary/aromatic N) is 3. The van der Waals surface area contributed by atoms with E-state index in [1.807, 2.05) is 30.3 Å². The molecular formula is C24H24N4O3. The van der Waals surface area contributed by atoms with E-state index in [-0.39, 0.29) is 23.7 Å².